The van der Waals surface area contributed by atoms with Gasteiger partial charge in [-0.05, 0) is 31.9 Å². The number of hydrogen-bond acceptors (Lipinski definition) is 6. The predicted octanol–water partition coefficient (Wildman–Crippen LogP) is 3.47. The van der Waals surface area contributed by atoms with E-state index in [4.69, 9.17) is 9.47 Å². The first-order valence-corrected chi connectivity index (χ1v) is 9.82. The fourth-order valence-electron chi connectivity index (χ4n) is 3.71. The molecular weight excluding hydrogens is 380 g/mol. The summed E-state index contributed by atoms with van der Waals surface area (Å²) in [7, 11) is 1.55. The van der Waals surface area contributed by atoms with Crippen LogP contribution in [-0.2, 0) is 10.2 Å². The van der Waals surface area contributed by atoms with E-state index in [1.54, 1.807) is 31.5 Å². The van der Waals surface area contributed by atoms with Crippen LogP contribution in [0.15, 0.2) is 54.7 Å². The summed E-state index contributed by atoms with van der Waals surface area (Å²) >= 11 is 0. The van der Waals surface area contributed by atoms with E-state index < -0.39 is 5.41 Å². The lowest BCUT2D eigenvalue weighted by Crippen LogP contribution is -2.27. The third-order valence-electron chi connectivity index (χ3n) is 5.46. The molecule has 1 aliphatic rings. The van der Waals surface area contributed by atoms with Crippen molar-refractivity contribution in [3.05, 3.63) is 71.8 Å². The van der Waals surface area contributed by atoms with Crippen molar-refractivity contribution in [2.24, 2.45) is 5.92 Å². The van der Waals surface area contributed by atoms with Crippen molar-refractivity contribution in [3.63, 3.8) is 0 Å². The summed E-state index contributed by atoms with van der Waals surface area (Å²) in [6, 6.07) is 15.3. The highest BCUT2D eigenvalue weighted by Gasteiger charge is 2.60. The van der Waals surface area contributed by atoms with Gasteiger partial charge >= 0.3 is 0 Å². The number of nitrogens with zero attached hydrogens (tertiary/aromatic N) is 3. The van der Waals surface area contributed by atoms with Crippen molar-refractivity contribution in [3.8, 4) is 11.6 Å². The van der Waals surface area contributed by atoms with E-state index in [0.717, 1.165) is 11.3 Å². The van der Waals surface area contributed by atoms with Crippen molar-refractivity contribution in [1.29, 1.82) is 0 Å². The number of aryl methyl sites for hydroxylation is 2. The number of nitrogens with one attached hydrogen (secondary N) is 1. The van der Waals surface area contributed by atoms with Crippen LogP contribution in [0, 0.1) is 19.8 Å². The molecule has 1 amide bonds. The van der Waals surface area contributed by atoms with Crippen LogP contribution in [0.3, 0.4) is 0 Å². The second kappa shape index (κ2) is 8.10. The van der Waals surface area contributed by atoms with E-state index >= 15 is 0 Å². The number of anilines is 1. The molecule has 1 aromatic carbocycles. The first-order chi connectivity index (χ1) is 14.5. The van der Waals surface area contributed by atoms with Gasteiger partial charge in [0.1, 0.15) is 11.6 Å². The van der Waals surface area contributed by atoms with Crippen LogP contribution < -0.4 is 14.8 Å². The normalized spacial score (nSPS) is 19.8. The summed E-state index contributed by atoms with van der Waals surface area (Å²) in [5.41, 5.74) is 1.46. The highest BCUT2D eigenvalue weighted by molar-refractivity contribution is 5.95. The quantitative estimate of drug-likeness (QED) is 0.649. The molecule has 7 heteroatoms. The second-order valence-corrected chi connectivity index (χ2v) is 7.49. The lowest BCUT2D eigenvalue weighted by atomic mass is 9.93. The molecule has 2 heterocycles. The first kappa shape index (κ1) is 19.8. The summed E-state index contributed by atoms with van der Waals surface area (Å²) < 4.78 is 11.2. The van der Waals surface area contributed by atoms with Gasteiger partial charge in [-0.2, -0.15) is 4.98 Å². The Bertz CT molecular complexity index is 1060. The molecule has 1 fully saturated rings. The van der Waals surface area contributed by atoms with E-state index in [9.17, 15) is 4.79 Å². The van der Waals surface area contributed by atoms with Crippen LogP contribution in [0.4, 0.5) is 5.82 Å². The summed E-state index contributed by atoms with van der Waals surface area (Å²) in [4.78, 5) is 25.9. The molecule has 1 N–H and O–H groups in total. The van der Waals surface area contributed by atoms with Gasteiger partial charge in [0.25, 0.3) is 0 Å². The van der Waals surface area contributed by atoms with E-state index in [0.29, 0.717) is 36.3 Å². The molecule has 2 atom stereocenters. The van der Waals surface area contributed by atoms with Gasteiger partial charge in [0.2, 0.25) is 11.8 Å². The third kappa shape index (κ3) is 3.96. The van der Waals surface area contributed by atoms with Crippen molar-refractivity contribution in [2.75, 3.05) is 19.0 Å². The maximum atomic E-state index is 13.0. The molecule has 154 valence electrons. The number of amides is 1. The van der Waals surface area contributed by atoms with Gasteiger partial charge in [-0.3, -0.25) is 4.79 Å². The van der Waals surface area contributed by atoms with Gasteiger partial charge in [0.15, 0.2) is 5.75 Å². The van der Waals surface area contributed by atoms with Crippen LogP contribution in [0.25, 0.3) is 0 Å². The van der Waals surface area contributed by atoms with Crippen LogP contribution >= 0.6 is 0 Å². The van der Waals surface area contributed by atoms with Gasteiger partial charge in [0, 0.05) is 11.5 Å². The zero-order valence-electron chi connectivity index (χ0n) is 17.3. The Morgan fingerprint density at radius 3 is 2.67 bits per heavy atom. The summed E-state index contributed by atoms with van der Waals surface area (Å²) in [5.74, 6) is 1.95. The Labute approximate surface area is 175 Å². The Morgan fingerprint density at radius 1 is 1.13 bits per heavy atom. The fourth-order valence-corrected chi connectivity index (χ4v) is 3.71. The smallest absolute Gasteiger partial charge is 0.229 e. The standard InChI is InChI=1S/C23H24N4O3/c1-15-19(13-24-16(2)25-15)30-14-23(17-8-5-4-6-9-17)12-18(23)22(28)27-20-10-7-11-21(26-20)29-3/h4-11,13,18H,12,14H2,1-3H3,(H,26,27,28)/t18-,23+/m0/s1. The molecule has 1 saturated carbocycles. The summed E-state index contributed by atoms with van der Waals surface area (Å²) in [5, 5.41) is 2.91. The van der Waals surface area contributed by atoms with Gasteiger partial charge in [-0.25, -0.2) is 9.97 Å². The molecule has 30 heavy (non-hydrogen) atoms. The van der Waals surface area contributed by atoms with Gasteiger partial charge in [-0.1, -0.05) is 36.4 Å². The number of carbonyl (C=O) groups is 1. The molecule has 0 unspecified atom stereocenters. The molecule has 7 nitrogen and oxygen atoms in total. The molecule has 1 aliphatic carbocycles. The molecule has 2 aromatic heterocycles. The Morgan fingerprint density at radius 2 is 1.93 bits per heavy atom. The summed E-state index contributed by atoms with van der Waals surface area (Å²) in [6.07, 6.45) is 2.38. The highest BCUT2D eigenvalue weighted by Crippen LogP contribution is 2.55. The molecule has 4 rings (SSSR count). The number of ether oxygens (including phenoxy) is 2. The van der Waals surface area contributed by atoms with E-state index in [-0.39, 0.29) is 11.8 Å². The number of rotatable bonds is 7. The average molecular weight is 404 g/mol. The first-order valence-electron chi connectivity index (χ1n) is 9.82. The fraction of sp³-hybridized carbons (Fsp3) is 0.304. The van der Waals surface area contributed by atoms with Crippen LogP contribution in [0.5, 0.6) is 11.6 Å². The number of benzene rings is 1. The van der Waals surface area contributed by atoms with E-state index in [1.165, 1.54) is 0 Å². The predicted molar refractivity (Wildman–Crippen MR) is 113 cm³/mol. The monoisotopic (exact) mass is 404 g/mol. The third-order valence-corrected chi connectivity index (χ3v) is 5.46. The molecule has 0 radical (unpaired) electrons. The SMILES string of the molecule is COc1cccc(NC(=O)[C@@H]2C[C@@]2(COc2cnc(C)nc2C)c2ccccc2)n1. The molecular formula is C23H24N4O3. The number of methoxy groups -OCH3 is 1. The lowest BCUT2D eigenvalue weighted by Gasteiger charge is -2.19. The van der Waals surface area contributed by atoms with Gasteiger partial charge < -0.3 is 14.8 Å². The number of carbonyl (C=O) groups excluding carboxylic acids is 1. The molecule has 0 spiro atoms. The van der Waals surface area contributed by atoms with Crippen LogP contribution in [-0.4, -0.2) is 34.6 Å². The van der Waals surface area contributed by atoms with Gasteiger partial charge in [0.05, 0.1) is 31.5 Å². The largest absolute Gasteiger partial charge is 0.489 e. The van der Waals surface area contributed by atoms with E-state index in [2.05, 4.69) is 20.3 Å². The minimum Gasteiger partial charge on any atom is -0.489 e. The van der Waals surface area contributed by atoms with Crippen molar-refractivity contribution < 1.29 is 14.3 Å². The highest BCUT2D eigenvalue weighted by atomic mass is 16.5. The van der Waals surface area contributed by atoms with Gasteiger partial charge in [-0.15, -0.1) is 0 Å². The van der Waals surface area contributed by atoms with Crippen LogP contribution in [0.2, 0.25) is 0 Å². The topological polar surface area (TPSA) is 86.2 Å². The number of aromatic nitrogens is 3. The second-order valence-electron chi connectivity index (χ2n) is 7.49. The lowest BCUT2D eigenvalue weighted by molar-refractivity contribution is -0.117. The maximum absolute atomic E-state index is 13.0. The number of pyridine rings is 1. The zero-order chi connectivity index (χ0) is 21.1. The minimum absolute atomic E-state index is 0.0833. The Balaban J connectivity index is 1.53. The molecule has 0 aliphatic heterocycles. The van der Waals surface area contributed by atoms with Crippen LogP contribution in [0.1, 0.15) is 23.5 Å². The van der Waals surface area contributed by atoms with Crippen molar-refractivity contribution in [1.82, 2.24) is 15.0 Å². The van der Waals surface area contributed by atoms with E-state index in [1.807, 2.05) is 44.2 Å². The zero-order valence-corrected chi connectivity index (χ0v) is 17.3. The average Bonchev–Trinajstić information content (AvgIpc) is 3.50. The Kier molecular flexibility index (Phi) is 5.35. The van der Waals surface area contributed by atoms with Crippen molar-refractivity contribution in [2.45, 2.75) is 25.7 Å². The molecule has 0 bridgehead atoms. The Hall–Kier alpha value is -3.48. The molecule has 3 aromatic rings. The van der Waals surface area contributed by atoms with Crippen molar-refractivity contribution >= 4 is 11.7 Å². The summed E-state index contributed by atoms with van der Waals surface area (Å²) in [6.45, 7) is 4.11. The number of hydrogen-bond donors (Lipinski definition) is 1. The molecule has 0 saturated heterocycles. The maximum Gasteiger partial charge on any atom is 0.229 e. The minimum atomic E-state index is -0.401.